The average Bonchev–Trinajstić information content (AvgIpc) is 2.83. The predicted molar refractivity (Wildman–Crippen MR) is 67.1 cm³/mol. The summed E-state index contributed by atoms with van der Waals surface area (Å²) in [6, 6.07) is 10.6. The van der Waals surface area contributed by atoms with Crippen LogP contribution in [0.1, 0.15) is 27.8 Å². The van der Waals surface area contributed by atoms with Crippen molar-refractivity contribution in [3.05, 3.63) is 53.3 Å². The number of aromatic amines is 1. The largest absolute Gasteiger partial charge is 0.394 e. The molecule has 0 saturated carbocycles. The third-order valence-electron chi connectivity index (χ3n) is 2.63. The third-order valence-corrected chi connectivity index (χ3v) is 2.63. The molecule has 1 aromatic carbocycles. The van der Waals surface area contributed by atoms with Crippen molar-refractivity contribution in [3.8, 4) is 0 Å². The Morgan fingerprint density at radius 3 is 2.72 bits per heavy atom. The number of amides is 1. The summed E-state index contributed by atoms with van der Waals surface area (Å²) in [5, 5.41) is 18.7. The molecule has 94 valence electrons. The van der Waals surface area contributed by atoms with Crippen molar-refractivity contribution < 1.29 is 9.90 Å². The van der Waals surface area contributed by atoms with Crippen molar-refractivity contribution in [2.24, 2.45) is 0 Å². The van der Waals surface area contributed by atoms with Gasteiger partial charge in [-0.15, -0.1) is 0 Å². The Bertz CT molecular complexity index is 522. The van der Waals surface area contributed by atoms with E-state index in [0.29, 0.717) is 5.69 Å². The third kappa shape index (κ3) is 2.75. The molecule has 0 radical (unpaired) electrons. The summed E-state index contributed by atoms with van der Waals surface area (Å²) in [5.41, 5.74) is 2.00. The molecule has 0 aliphatic carbocycles. The van der Waals surface area contributed by atoms with Crippen LogP contribution in [0.25, 0.3) is 0 Å². The maximum atomic E-state index is 11.9. The van der Waals surface area contributed by atoms with Gasteiger partial charge in [0, 0.05) is 5.69 Å². The van der Waals surface area contributed by atoms with Gasteiger partial charge in [0.15, 0.2) is 0 Å². The number of aryl methyl sites for hydroxylation is 1. The number of H-pyrrole nitrogens is 1. The zero-order chi connectivity index (χ0) is 13.0. The van der Waals surface area contributed by atoms with Crippen LogP contribution in [0.3, 0.4) is 0 Å². The van der Waals surface area contributed by atoms with Crippen LogP contribution in [0, 0.1) is 6.92 Å². The molecule has 2 aromatic rings. The van der Waals surface area contributed by atoms with Crippen molar-refractivity contribution in [1.29, 1.82) is 0 Å². The summed E-state index contributed by atoms with van der Waals surface area (Å²) >= 11 is 0. The van der Waals surface area contributed by atoms with Gasteiger partial charge in [-0.1, -0.05) is 30.3 Å². The Hall–Kier alpha value is -2.14. The van der Waals surface area contributed by atoms with Gasteiger partial charge in [0.05, 0.1) is 12.6 Å². The molecule has 0 bridgehead atoms. The first kappa shape index (κ1) is 12.3. The number of benzene rings is 1. The zero-order valence-electron chi connectivity index (χ0n) is 10.1. The molecule has 1 unspecified atom stereocenters. The number of nitrogens with one attached hydrogen (secondary N) is 2. The van der Waals surface area contributed by atoms with Crippen molar-refractivity contribution in [3.63, 3.8) is 0 Å². The fourth-order valence-electron chi connectivity index (χ4n) is 1.69. The van der Waals surface area contributed by atoms with E-state index in [2.05, 4.69) is 15.5 Å². The van der Waals surface area contributed by atoms with E-state index in [9.17, 15) is 9.90 Å². The molecule has 18 heavy (non-hydrogen) atoms. The van der Waals surface area contributed by atoms with E-state index in [1.807, 2.05) is 37.3 Å². The van der Waals surface area contributed by atoms with Gasteiger partial charge < -0.3 is 10.4 Å². The normalized spacial score (nSPS) is 12.1. The summed E-state index contributed by atoms with van der Waals surface area (Å²) in [7, 11) is 0. The molecule has 5 heteroatoms. The number of carbonyl (C=O) groups is 1. The molecule has 0 fully saturated rings. The van der Waals surface area contributed by atoms with Gasteiger partial charge in [0.2, 0.25) is 0 Å². The van der Waals surface area contributed by atoms with Crippen LogP contribution >= 0.6 is 0 Å². The minimum atomic E-state index is -0.421. The lowest BCUT2D eigenvalue weighted by Crippen LogP contribution is -2.31. The van der Waals surface area contributed by atoms with Crippen LogP contribution in [0.5, 0.6) is 0 Å². The molecular weight excluding hydrogens is 230 g/mol. The Morgan fingerprint density at radius 1 is 1.44 bits per heavy atom. The summed E-state index contributed by atoms with van der Waals surface area (Å²) in [4.78, 5) is 11.9. The van der Waals surface area contributed by atoms with Gasteiger partial charge >= 0.3 is 0 Å². The number of hydrogen-bond acceptors (Lipinski definition) is 3. The summed E-state index contributed by atoms with van der Waals surface area (Å²) < 4.78 is 0. The lowest BCUT2D eigenvalue weighted by molar-refractivity contribution is 0.0911. The van der Waals surface area contributed by atoms with E-state index in [1.54, 1.807) is 6.07 Å². The van der Waals surface area contributed by atoms with E-state index in [-0.39, 0.29) is 12.5 Å². The van der Waals surface area contributed by atoms with Gasteiger partial charge in [0.25, 0.3) is 5.91 Å². The van der Waals surface area contributed by atoms with E-state index in [4.69, 9.17) is 0 Å². The standard InChI is InChI=1S/C13H15N3O2/c1-9-7-11(16-15-9)13(18)14-12(8-17)10-5-3-2-4-6-10/h2-7,12,17H,8H2,1H3,(H,14,18)(H,15,16). The summed E-state index contributed by atoms with van der Waals surface area (Å²) in [6.07, 6.45) is 0. The topological polar surface area (TPSA) is 78.0 Å². The molecule has 1 heterocycles. The molecule has 1 atom stereocenters. The highest BCUT2D eigenvalue weighted by atomic mass is 16.3. The quantitative estimate of drug-likeness (QED) is 0.757. The van der Waals surface area contributed by atoms with Crippen LogP contribution in [0.2, 0.25) is 0 Å². The van der Waals surface area contributed by atoms with Gasteiger partial charge in [-0.3, -0.25) is 9.89 Å². The highest BCUT2D eigenvalue weighted by Crippen LogP contribution is 2.12. The van der Waals surface area contributed by atoms with Gasteiger partial charge in [0.1, 0.15) is 5.69 Å². The zero-order valence-corrected chi connectivity index (χ0v) is 10.1. The fourth-order valence-corrected chi connectivity index (χ4v) is 1.69. The van der Waals surface area contributed by atoms with Gasteiger partial charge in [-0.05, 0) is 18.6 Å². The minimum Gasteiger partial charge on any atom is -0.394 e. The smallest absolute Gasteiger partial charge is 0.272 e. The molecule has 5 nitrogen and oxygen atoms in total. The lowest BCUT2D eigenvalue weighted by atomic mass is 10.1. The number of aliphatic hydroxyl groups excluding tert-OH is 1. The molecule has 1 aromatic heterocycles. The van der Waals surface area contributed by atoms with Crippen LogP contribution < -0.4 is 5.32 Å². The van der Waals surface area contributed by atoms with Crippen LogP contribution in [-0.2, 0) is 0 Å². The van der Waals surface area contributed by atoms with Crippen molar-refractivity contribution in [1.82, 2.24) is 15.5 Å². The second-order valence-electron chi connectivity index (χ2n) is 4.06. The van der Waals surface area contributed by atoms with E-state index < -0.39 is 6.04 Å². The molecule has 2 rings (SSSR count). The first-order valence-electron chi connectivity index (χ1n) is 5.69. The molecule has 0 aliphatic heterocycles. The Kier molecular flexibility index (Phi) is 3.74. The highest BCUT2D eigenvalue weighted by molar-refractivity contribution is 5.92. The molecule has 1 amide bonds. The summed E-state index contributed by atoms with van der Waals surface area (Å²) in [5.74, 6) is -0.303. The van der Waals surface area contributed by atoms with Crippen molar-refractivity contribution >= 4 is 5.91 Å². The minimum absolute atomic E-state index is 0.154. The van der Waals surface area contributed by atoms with Gasteiger partial charge in [-0.2, -0.15) is 5.10 Å². The number of aliphatic hydroxyl groups is 1. The number of carbonyl (C=O) groups excluding carboxylic acids is 1. The number of rotatable bonds is 4. The summed E-state index contributed by atoms with van der Waals surface area (Å²) in [6.45, 7) is 1.67. The number of hydrogen-bond donors (Lipinski definition) is 3. The Balaban J connectivity index is 2.10. The molecular formula is C13H15N3O2. The highest BCUT2D eigenvalue weighted by Gasteiger charge is 2.16. The SMILES string of the molecule is Cc1cc(C(=O)NC(CO)c2ccccc2)n[nH]1. The van der Waals surface area contributed by atoms with Gasteiger partial charge in [-0.25, -0.2) is 0 Å². The van der Waals surface area contributed by atoms with Crippen LogP contribution in [-0.4, -0.2) is 27.8 Å². The van der Waals surface area contributed by atoms with Crippen LogP contribution in [0.4, 0.5) is 0 Å². The molecule has 0 aliphatic rings. The maximum Gasteiger partial charge on any atom is 0.272 e. The van der Waals surface area contributed by atoms with E-state index >= 15 is 0 Å². The average molecular weight is 245 g/mol. The van der Waals surface area contributed by atoms with Crippen molar-refractivity contribution in [2.45, 2.75) is 13.0 Å². The maximum absolute atomic E-state index is 11.9. The fraction of sp³-hybridized carbons (Fsp3) is 0.231. The van der Waals surface area contributed by atoms with Crippen molar-refractivity contribution in [2.75, 3.05) is 6.61 Å². The predicted octanol–water partition coefficient (Wildman–Crippen LogP) is 1.18. The Morgan fingerprint density at radius 2 is 2.17 bits per heavy atom. The second kappa shape index (κ2) is 5.46. The molecule has 0 spiro atoms. The Labute approximate surface area is 105 Å². The first-order chi connectivity index (χ1) is 8.70. The van der Waals surface area contributed by atoms with E-state index in [1.165, 1.54) is 0 Å². The van der Waals surface area contributed by atoms with E-state index in [0.717, 1.165) is 11.3 Å². The lowest BCUT2D eigenvalue weighted by Gasteiger charge is -2.15. The molecule has 3 N–H and O–H groups in total. The monoisotopic (exact) mass is 245 g/mol. The van der Waals surface area contributed by atoms with Crippen LogP contribution in [0.15, 0.2) is 36.4 Å². The second-order valence-corrected chi connectivity index (χ2v) is 4.06. The first-order valence-corrected chi connectivity index (χ1v) is 5.69. The number of aromatic nitrogens is 2. The molecule has 0 saturated heterocycles. The number of nitrogens with zero attached hydrogens (tertiary/aromatic N) is 1.